The Morgan fingerprint density at radius 1 is 1.24 bits per heavy atom. The van der Waals surface area contributed by atoms with E-state index in [9.17, 15) is 10.1 Å². The van der Waals surface area contributed by atoms with Crippen LogP contribution in [0.5, 0.6) is 11.5 Å². The molecule has 0 aliphatic carbocycles. The quantitative estimate of drug-likeness (QED) is 0.618. The molecule has 0 unspecified atom stereocenters. The summed E-state index contributed by atoms with van der Waals surface area (Å²) < 4.78 is 5.36. The number of aromatic nitrogens is 1. The summed E-state index contributed by atoms with van der Waals surface area (Å²) in [5, 5.41) is 11.3. The van der Waals surface area contributed by atoms with Crippen molar-refractivity contribution in [3.63, 3.8) is 0 Å². The molecule has 17 heavy (non-hydrogen) atoms. The molecule has 2 rings (SSSR count). The molecule has 0 saturated carbocycles. The summed E-state index contributed by atoms with van der Waals surface area (Å²) in [6, 6.07) is 7.81. The number of hydrogen-bond acceptors (Lipinski definition) is 4. The fourth-order valence-corrected chi connectivity index (χ4v) is 1.36. The van der Waals surface area contributed by atoms with Crippen LogP contribution in [-0.2, 0) is 0 Å². The predicted molar refractivity (Wildman–Crippen MR) is 62.4 cm³/mol. The minimum atomic E-state index is -0.521. The number of ether oxygens (including phenoxy) is 1. The first-order valence-electron chi connectivity index (χ1n) is 4.68. The van der Waals surface area contributed by atoms with Gasteiger partial charge in [-0.3, -0.25) is 15.1 Å². The van der Waals surface area contributed by atoms with Gasteiger partial charge in [-0.15, -0.1) is 0 Å². The van der Waals surface area contributed by atoms with Gasteiger partial charge in [0.1, 0.15) is 5.75 Å². The number of pyridine rings is 1. The Morgan fingerprint density at radius 3 is 2.59 bits per heavy atom. The summed E-state index contributed by atoms with van der Waals surface area (Å²) >= 11 is 5.72. The first-order valence-corrected chi connectivity index (χ1v) is 5.06. The van der Waals surface area contributed by atoms with Gasteiger partial charge in [-0.1, -0.05) is 11.6 Å². The lowest BCUT2D eigenvalue weighted by Gasteiger charge is -2.05. The van der Waals surface area contributed by atoms with E-state index in [1.54, 1.807) is 24.3 Å². The molecule has 1 aromatic carbocycles. The third kappa shape index (κ3) is 2.70. The molecular weight excluding hydrogens is 244 g/mol. The summed E-state index contributed by atoms with van der Waals surface area (Å²) in [5.74, 6) is 0.560. The first-order chi connectivity index (χ1) is 8.16. The highest BCUT2D eigenvalue weighted by molar-refractivity contribution is 6.30. The zero-order valence-corrected chi connectivity index (χ0v) is 9.29. The van der Waals surface area contributed by atoms with Crippen molar-refractivity contribution in [2.75, 3.05) is 0 Å². The highest BCUT2D eigenvalue weighted by atomic mass is 35.5. The summed E-state index contributed by atoms with van der Waals surface area (Å²) in [6.07, 6.45) is 2.64. The second-order valence-electron chi connectivity index (χ2n) is 3.16. The number of hydrogen-bond donors (Lipinski definition) is 0. The molecule has 5 nitrogen and oxygen atoms in total. The lowest BCUT2D eigenvalue weighted by molar-refractivity contribution is -0.385. The predicted octanol–water partition coefficient (Wildman–Crippen LogP) is 3.44. The zero-order chi connectivity index (χ0) is 12.3. The van der Waals surface area contributed by atoms with E-state index < -0.39 is 4.92 Å². The van der Waals surface area contributed by atoms with Crippen molar-refractivity contribution < 1.29 is 9.66 Å². The van der Waals surface area contributed by atoms with Crippen LogP contribution in [0.2, 0.25) is 5.02 Å². The third-order valence-corrected chi connectivity index (χ3v) is 2.25. The van der Waals surface area contributed by atoms with Crippen molar-refractivity contribution in [1.29, 1.82) is 0 Å². The van der Waals surface area contributed by atoms with Crippen LogP contribution < -0.4 is 4.74 Å². The number of halogens is 1. The fraction of sp³-hybridized carbons (Fsp3) is 0. The van der Waals surface area contributed by atoms with Crippen molar-refractivity contribution in [3.8, 4) is 11.5 Å². The summed E-state index contributed by atoms with van der Waals surface area (Å²) in [6.45, 7) is 0. The highest BCUT2D eigenvalue weighted by Gasteiger charge is 2.14. The summed E-state index contributed by atoms with van der Waals surface area (Å²) in [5.41, 5.74) is -0.130. The largest absolute Gasteiger partial charge is 0.448 e. The second-order valence-corrected chi connectivity index (χ2v) is 3.59. The van der Waals surface area contributed by atoms with Crippen LogP contribution in [0.4, 0.5) is 5.69 Å². The van der Waals surface area contributed by atoms with Crippen LogP contribution in [0.15, 0.2) is 42.7 Å². The zero-order valence-electron chi connectivity index (χ0n) is 8.54. The van der Waals surface area contributed by atoms with Crippen molar-refractivity contribution in [1.82, 2.24) is 4.98 Å². The molecule has 1 heterocycles. The van der Waals surface area contributed by atoms with Gasteiger partial charge < -0.3 is 4.74 Å². The van der Waals surface area contributed by atoms with Crippen LogP contribution in [-0.4, -0.2) is 9.91 Å². The monoisotopic (exact) mass is 250 g/mol. The topological polar surface area (TPSA) is 65.3 Å². The molecule has 0 aliphatic rings. The van der Waals surface area contributed by atoms with E-state index in [1.165, 1.54) is 18.5 Å². The fourth-order valence-electron chi connectivity index (χ4n) is 1.23. The lowest BCUT2D eigenvalue weighted by Crippen LogP contribution is -1.93. The average molecular weight is 251 g/mol. The molecule has 0 atom stereocenters. The van der Waals surface area contributed by atoms with Crippen molar-refractivity contribution in [2.45, 2.75) is 0 Å². The van der Waals surface area contributed by atoms with E-state index in [2.05, 4.69) is 4.98 Å². The molecule has 0 radical (unpaired) electrons. The van der Waals surface area contributed by atoms with Crippen molar-refractivity contribution in [3.05, 3.63) is 57.9 Å². The van der Waals surface area contributed by atoms with E-state index in [4.69, 9.17) is 16.3 Å². The Morgan fingerprint density at radius 2 is 1.94 bits per heavy atom. The average Bonchev–Trinajstić information content (AvgIpc) is 2.32. The Bertz CT molecular complexity index is 543. The maximum absolute atomic E-state index is 10.7. The summed E-state index contributed by atoms with van der Waals surface area (Å²) in [4.78, 5) is 14.0. The van der Waals surface area contributed by atoms with Crippen LogP contribution in [0.3, 0.4) is 0 Å². The van der Waals surface area contributed by atoms with Crippen LogP contribution in [0.25, 0.3) is 0 Å². The normalized spacial score (nSPS) is 9.94. The molecule has 0 N–H and O–H groups in total. The molecule has 0 amide bonds. The molecule has 0 fully saturated rings. The Labute approximate surface area is 102 Å². The van der Waals surface area contributed by atoms with E-state index in [0.29, 0.717) is 10.8 Å². The smallest absolute Gasteiger partial charge is 0.314 e. The third-order valence-electron chi connectivity index (χ3n) is 2.00. The minimum absolute atomic E-state index is 0.0971. The van der Waals surface area contributed by atoms with E-state index in [-0.39, 0.29) is 11.4 Å². The van der Waals surface area contributed by atoms with Gasteiger partial charge in [0, 0.05) is 17.3 Å². The second kappa shape index (κ2) is 4.80. The maximum Gasteiger partial charge on any atom is 0.314 e. The molecule has 2 aromatic rings. The number of nitro groups is 1. The van der Waals surface area contributed by atoms with E-state index in [1.807, 2.05) is 0 Å². The van der Waals surface area contributed by atoms with Gasteiger partial charge >= 0.3 is 5.69 Å². The van der Waals surface area contributed by atoms with Crippen LogP contribution >= 0.6 is 11.6 Å². The first kappa shape index (κ1) is 11.3. The Balaban J connectivity index is 2.30. The number of nitrogens with zero attached hydrogens (tertiary/aromatic N) is 2. The van der Waals surface area contributed by atoms with Gasteiger partial charge in [0.15, 0.2) is 0 Å². The standard InChI is InChI=1S/C11H7ClN2O3/c12-8-1-3-9(4-2-8)17-11-7-13-6-5-10(11)14(15)16/h1-7H. The Hall–Kier alpha value is -2.14. The molecule has 6 heteroatoms. The van der Waals surface area contributed by atoms with E-state index >= 15 is 0 Å². The molecule has 0 aliphatic heterocycles. The Kier molecular flexibility index (Phi) is 3.20. The minimum Gasteiger partial charge on any atom is -0.448 e. The van der Waals surface area contributed by atoms with Crippen LogP contribution in [0, 0.1) is 10.1 Å². The number of benzene rings is 1. The van der Waals surface area contributed by atoms with Crippen LogP contribution in [0.1, 0.15) is 0 Å². The van der Waals surface area contributed by atoms with Gasteiger partial charge in [0.2, 0.25) is 5.75 Å². The molecule has 1 aromatic heterocycles. The molecule has 0 bridgehead atoms. The van der Waals surface area contributed by atoms with Gasteiger partial charge in [0.25, 0.3) is 0 Å². The summed E-state index contributed by atoms with van der Waals surface area (Å²) in [7, 11) is 0. The van der Waals surface area contributed by atoms with Gasteiger partial charge in [-0.05, 0) is 24.3 Å². The molecule has 0 saturated heterocycles. The van der Waals surface area contributed by atoms with Crippen molar-refractivity contribution in [2.24, 2.45) is 0 Å². The molecule has 86 valence electrons. The maximum atomic E-state index is 10.7. The van der Waals surface area contributed by atoms with Gasteiger partial charge in [-0.25, -0.2) is 0 Å². The van der Waals surface area contributed by atoms with E-state index in [0.717, 1.165) is 0 Å². The highest BCUT2D eigenvalue weighted by Crippen LogP contribution is 2.30. The van der Waals surface area contributed by atoms with Crippen molar-refractivity contribution >= 4 is 17.3 Å². The van der Waals surface area contributed by atoms with Gasteiger partial charge in [0.05, 0.1) is 11.1 Å². The molecule has 0 spiro atoms. The molecular formula is C11H7ClN2O3. The SMILES string of the molecule is O=[N+]([O-])c1ccncc1Oc1ccc(Cl)cc1. The lowest BCUT2D eigenvalue weighted by atomic mass is 10.3. The van der Waals surface area contributed by atoms with Gasteiger partial charge in [-0.2, -0.15) is 0 Å². The number of rotatable bonds is 3.